The average Bonchev–Trinajstić information content (AvgIpc) is 3.43. The van der Waals surface area contributed by atoms with Crippen molar-refractivity contribution in [2.75, 3.05) is 6.61 Å². The molecule has 1 aromatic heterocycles. The fourth-order valence-electron chi connectivity index (χ4n) is 6.57. The first-order chi connectivity index (χ1) is 22.0. The molecule has 0 amide bonds. The number of rotatable bonds is 12. The van der Waals surface area contributed by atoms with E-state index in [9.17, 15) is 14.7 Å². The quantitative estimate of drug-likeness (QED) is 0.179. The van der Waals surface area contributed by atoms with Crippen molar-refractivity contribution in [1.82, 2.24) is 9.13 Å². The molecule has 1 unspecified atom stereocenters. The zero-order valence-corrected chi connectivity index (χ0v) is 28.0. The lowest BCUT2D eigenvalue weighted by Gasteiger charge is -2.43. The predicted octanol–water partition coefficient (Wildman–Crippen LogP) is 3.64. The van der Waals surface area contributed by atoms with Crippen molar-refractivity contribution >= 4 is 18.7 Å². The number of aryl methyl sites for hydroxylation is 1. The molecule has 4 aromatic rings. The van der Waals surface area contributed by atoms with Gasteiger partial charge < -0.3 is 24.7 Å². The highest BCUT2D eigenvalue weighted by Crippen LogP contribution is 2.40. The number of nitrogens with two attached hydrogens (primary N) is 1. The van der Waals surface area contributed by atoms with Gasteiger partial charge in [0.05, 0.1) is 19.3 Å². The average molecular weight is 644 g/mol. The lowest BCUT2D eigenvalue weighted by molar-refractivity contribution is -0.0346. The fraction of sp³-hybridized carbons (Fsp3) is 0.389. The number of ether oxygens (including phenoxy) is 2. The summed E-state index contributed by atoms with van der Waals surface area (Å²) in [5.74, 6) is -0.190. The van der Waals surface area contributed by atoms with E-state index >= 15 is 0 Å². The smallest absolute Gasteiger partial charge is 0.335 e. The van der Waals surface area contributed by atoms with Crippen LogP contribution in [0.5, 0.6) is 0 Å². The van der Waals surface area contributed by atoms with E-state index in [1.807, 2.05) is 66.7 Å². The first kappa shape index (κ1) is 33.7. The summed E-state index contributed by atoms with van der Waals surface area (Å²) in [5, 5.41) is 12.3. The maximum atomic E-state index is 13.7. The summed E-state index contributed by atoms with van der Waals surface area (Å²) in [4.78, 5) is 26.7. The summed E-state index contributed by atoms with van der Waals surface area (Å²) in [6.07, 6.45) is 0.0613. The third-order valence-electron chi connectivity index (χ3n) is 8.80. The standard InChI is InChI=1S/C36H45N3O6Si/c1-26-22-38(35(42)39(34(26)41)25-43-23-27-14-8-5-9-15-27)33-21-28(20-32(37)40)31(45-33)24-44-46(36(2,3)4,29-16-10-6-11-17-29)30-18-12-7-13-19-30/h5-19,22,28,31-33,40H,20-21,23-25,37H2,1-4H3/t28-,31+,32?,33+/m0/s1. The third-order valence-corrected chi connectivity index (χ3v) is 13.8. The summed E-state index contributed by atoms with van der Waals surface area (Å²) >= 11 is 0. The van der Waals surface area contributed by atoms with Gasteiger partial charge >= 0.3 is 5.69 Å². The summed E-state index contributed by atoms with van der Waals surface area (Å²) in [5.41, 5.74) is 6.30. The van der Waals surface area contributed by atoms with E-state index < -0.39 is 38.1 Å². The number of aromatic nitrogens is 2. The Kier molecular flexibility index (Phi) is 10.6. The molecule has 3 aromatic carbocycles. The van der Waals surface area contributed by atoms with Crippen molar-refractivity contribution in [3.8, 4) is 0 Å². The van der Waals surface area contributed by atoms with Crippen LogP contribution < -0.4 is 27.4 Å². The van der Waals surface area contributed by atoms with Crippen LogP contribution in [0.15, 0.2) is 107 Å². The maximum Gasteiger partial charge on any atom is 0.335 e. The molecule has 244 valence electrons. The Labute approximate surface area is 271 Å². The number of hydrogen-bond donors (Lipinski definition) is 2. The molecule has 1 fully saturated rings. The van der Waals surface area contributed by atoms with Crippen LogP contribution >= 0.6 is 0 Å². The van der Waals surface area contributed by atoms with E-state index in [1.165, 1.54) is 4.57 Å². The highest BCUT2D eigenvalue weighted by molar-refractivity contribution is 6.99. The molecule has 10 heteroatoms. The predicted molar refractivity (Wildman–Crippen MR) is 181 cm³/mol. The Bertz CT molecular complexity index is 1650. The summed E-state index contributed by atoms with van der Waals surface area (Å²) in [6, 6.07) is 30.3. The van der Waals surface area contributed by atoms with E-state index in [1.54, 1.807) is 13.1 Å². The molecule has 5 rings (SSSR count). The van der Waals surface area contributed by atoms with Crippen LogP contribution in [0.3, 0.4) is 0 Å². The van der Waals surface area contributed by atoms with E-state index in [4.69, 9.17) is 19.6 Å². The van der Waals surface area contributed by atoms with E-state index in [2.05, 4.69) is 45.0 Å². The molecule has 0 aliphatic carbocycles. The lowest BCUT2D eigenvalue weighted by atomic mass is 9.96. The molecule has 1 aliphatic rings. The molecule has 46 heavy (non-hydrogen) atoms. The molecule has 0 saturated carbocycles. The topological polar surface area (TPSA) is 118 Å². The highest BCUT2D eigenvalue weighted by Gasteiger charge is 2.51. The molecule has 2 heterocycles. The molecule has 0 spiro atoms. The van der Waals surface area contributed by atoms with Gasteiger partial charge in [0.15, 0.2) is 0 Å². The molecular weight excluding hydrogens is 598 g/mol. The number of nitrogens with zero attached hydrogens (tertiary/aromatic N) is 2. The van der Waals surface area contributed by atoms with Crippen LogP contribution in [-0.2, 0) is 27.2 Å². The molecule has 0 radical (unpaired) electrons. The molecule has 1 aliphatic heterocycles. The zero-order valence-electron chi connectivity index (χ0n) is 27.0. The monoisotopic (exact) mass is 643 g/mol. The Hall–Kier alpha value is -3.64. The largest absolute Gasteiger partial charge is 0.405 e. The highest BCUT2D eigenvalue weighted by atomic mass is 28.4. The Balaban J connectivity index is 1.44. The second-order valence-electron chi connectivity index (χ2n) is 13.1. The van der Waals surface area contributed by atoms with Crippen molar-refractivity contribution in [2.45, 2.75) is 77.5 Å². The van der Waals surface area contributed by atoms with Gasteiger partial charge in [0.1, 0.15) is 19.2 Å². The number of aliphatic hydroxyl groups excluding tert-OH is 1. The third kappa shape index (κ3) is 7.17. The first-order valence-electron chi connectivity index (χ1n) is 15.8. The van der Waals surface area contributed by atoms with Gasteiger partial charge in [-0.1, -0.05) is 112 Å². The fourth-order valence-corrected chi connectivity index (χ4v) is 11.1. The SMILES string of the molecule is Cc1cn([C@H]2C[C@H](CC(N)O)[C@@H](CO[Si](c3ccccc3)(c3ccccc3)C(C)(C)C)O2)c(=O)n(COCc2ccccc2)c1=O. The van der Waals surface area contributed by atoms with Gasteiger partial charge in [0, 0.05) is 11.8 Å². The van der Waals surface area contributed by atoms with Crippen LogP contribution in [0.2, 0.25) is 5.04 Å². The number of hydrogen-bond acceptors (Lipinski definition) is 7. The van der Waals surface area contributed by atoms with Crippen LogP contribution in [0.25, 0.3) is 0 Å². The number of benzene rings is 3. The van der Waals surface area contributed by atoms with Gasteiger partial charge in [-0.2, -0.15) is 0 Å². The lowest BCUT2D eigenvalue weighted by Crippen LogP contribution is -2.67. The molecule has 4 atom stereocenters. The number of aliphatic hydroxyl groups is 1. The van der Waals surface area contributed by atoms with E-state index in [0.717, 1.165) is 20.5 Å². The second kappa shape index (κ2) is 14.4. The summed E-state index contributed by atoms with van der Waals surface area (Å²) in [7, 11) is -2.87. The van der Waals surface area contributed by atoms with Gasteiger partial charge in [0.2, 0.25) is 0 Å². The van der Waals surface area contributed by atoms with Crippen LogP contribution in [0.4, 0.5) is 0 Å². The normalized spacial score (nSPS) is 19.3. The van der Waals surface area contributed by atoms with Gasteiger partial charge in [-0.05, 0) is 46.7 Å². The van der Waals surface area contributed by atoms with Crippen LogP contribution in [0, 0.1) is 12.8 Å². The van der Waals surface area contributed by atoms with Crippen LogP contribution in [0.1, 0.15) is 51.0 Å². The first-order valence-corrected chi connectivity index (χ1v) is 17.7. The Morgan fingerprint density at radius 2 is 1.52 bits per heavy atom. The van der Waals surface area contributed by atoms with Gasteiger partial charge in [-0.3, -0.25) is 9.36 Å². The minimum atomic E-state index is -2.87. The summed E-state index contributed by atoms with van der Waals surface area (Å²) in [6.45, 7) is 8.63. The van der Waals surface area contributed by atoms with Crippen molar-refractivity contribution in [1.29, 1.82) is 0 Å². The van der Waals surface area contributed by atoms with Crippen molar-refractivity contribution in [3.63, 3.8) is 0 Å². The molecular formula is C36H45N3O6Si. The van der Waals surface area contributed by atoms with E-state index in [-0.39, 0.29) is 37.3 Å². The maximum absolute atomic E-state index is 13.7. The van der Waals surface area contributed by atoms with Gasteiger partial charge in [-0.15, -0.1) is 0 Å². The molecule has 1 saturated heterocycles. The Morgan fingerprint density at radius 3 is 2.07 bits per heavy atom. The molecule has 9 nitrogen and oxygen atoms in total. The molecule has 0 bridgehead atoms. The van der Waals surface area contributed by atoms with Gasteiger partial charge in [0.25, 0.3) is 13.9 Å². The van der Waals surface area contributed by atoms with Crippen molar-refractivity contribution < 1.29 is 19.0 Å². The van der Waals surface area contributed by atoms with E-state index in [0.29, 0.717) is 12.0 Å². The second-order valence-corrected chi connectivity index (χ2v) is 17.4. The minimum Gasteiger partial charge on any atom is -0.405 e. The molecule has 3 N–H and O–H groups in total. The Morgan fingerprint density at radius 1 is 0.957 bits per heavy atom. The minimum absolute atomic E-state index is 0.188. The van der Waals surface area contributed by atoms with Gasteiger partial charge in [-0.25, -0.2) is 9.36 Å². The van der Waals surface area contributed by atoms with Crippen molar-refractivity contribution in [2.24, 2.45) is 11.7 Å². The zero-order chi connectivity index (χ0) is 32.9. The summed E-state index contributed by atoms with van der Waals surface area (Å²) < 4.78 is 22.1. The van der Waals surface area contributed by atoms with Crippen molar-refractivity contribution in [3.05, 3.63) is 129 Å². The van der Waals surface area contributed by atoms with Crippen LogP contribution in [-0.4, -0.2) is 41.5 Å².